The Kier molecular flexibility index (Phi) is 9.15. The van der Waals surface area contributed by atoms with Crippen molar-refractivity contribution in [2.45, 2.75) is 77.2 Å². The first-order chi connectivity index (χ1) is 19.4. The summed E-state index contributed by atoms with van der Waals surface area (Å²) < 4.78 is 5.13. The number of hydrogen-bond acceptors (Lipinski definition) is 5. The third kappa shape index (κ3) is 6.72. The Labute approximate surface area is 242 Å². The van der Waals surface area contributed by atoms with Gasteiger partial charge in [0.05, 0.1) is 12.6 Å². The Morgan fingerprint density at radius 2 is 1.93 bits per heavy atom. The van der Waals surface area contributed by atoms with Gasteiger partial charge in [-0.25, -0.2) is 0 Å². The van der Waals surface area contributed by atoms with Crippen LogP contribution in [0.5, 0.6) is 11.5 Å². The van der Waals surface area contributed by atoms with E-state index in [-0.39, 0.29) is 11.7 Å². The molecular formula is C33H40ClN3O3. The van der Waals surface area contributed by atoms with Crippen LogP contribution >= 0.6 is 11.6 Å². The van der Waals surface area contributed by atoms with Gasteiger partial charge in [-0.1, -0.05) is 48.6 Å². The number of hydrogen-bond donors (Lipinski definition) is 3. The Morgan fingerprint density at radius 3 is 2.77 bits per heavy atom. The van der Waals surface area contributed by atoms with Crippen LogP contribution in [0.4, 0.5) is 5.69 Å². The first-order valence-electron chi connectivity index (χ1n) is 14.6. The number of nitrogens with one attached hydrogen (secondary N) is 2. The number of benzene rings is 2. The van der Waals surface area contributed by atoms with Gasteiger partial charge in [0, 0.05) is 46.9 Å². The predicted octanol–water partition coefficient (Wildman–Crippen LogP) is 7.67. The number of aromatic nitrogens is 1. The van der Waals surface area contributed by atoms with Crippen LogP contribution in [0.2, 0.25) is 5.02 Å². The van der Waals surface area contributed by atoms with Crippen molar-refractivity contribution in [3.8, 4) is 11.5 Å². The molecule has 3 N–H and O–H groups in total. The third-order valence-corrected chi connectivity index (χ3v) is 8.46. The minimum Gasteiger partial charge on any atom is -0.504 e. The first-order valence-corrected chi connectivity index (χ1v) is 14.9. The number of unbranched alkanes of at least 4 members (excludes halogenated alkanes) is 4. The summed E-state index contributed by atoms with van der Waals surface area (Å²) in [6, 6.07) is 11.2. The fraction of sp³-hybridized carbons (Fsp3) is 0.455. The van der Waals surface area contributed by atoms with Gasteiger partial charge in [0.25, 0.3) is 0 Å². The molecule has 0 saturated carbocycles. The molecule has 5 rings (SSSR count). The zero-order valence-corrected chi connectivity index (χ0v) is 24.3. The number of carbonyl (C=O) groups excluding carboxylic acids is 1. The van der Waals surface area contributed by atoms with E-state index in [4.69, 9.17) is 21.3 Å². The van der Waals surface area contributed by atoms with Gasteiger partial charge in [0.15, 0.2) is 11.5 Å². The molecule has 1 aromatic heterocycles. The normalized spacial score (nSPS) is 17.7. The number of ether oxygens (including phenoxy) is 1. The van der Waals surface area contributed by atoms with Gasteiger partial charge in [-0.2, -0.15) is 0 Å². The van der Waals surface area contributed by atoms with Crippen molar-refractivity contribution in [3.63, 3.8) is 0 Å². The van der Waals surface area contributed by atoms with Crippen molar-refractivity contribution in [1.82, 2.24) is 10.3 Å². The maximum Gasteiger partial charge on any atom is 0.220 e. The molecule has 7 heteroatoms. The monoisotopic (exact) mass is 561 g/mol. The van der Waals surface area contributed by atoms with Crippen LogP contribution < -0.4 is 15.4 Å². The lowest BCUT2D eigenvalue weighted by molar-refractivity contribution is -0.121. The summed E-state index contributed by atoms with van der Waals surface area (Å²) in [4.78, 5) is 17.3. The number of aromatic hydroxyl groups is 1. The Morgan fingerprint density at radius 1 is 1.10 bits per heavy atom. The number of allylic oxidation sites excluding steroid dienone is 2. The minimum absolute atomic E-state index is 0.0539. The summed E-state index contributed by atoms with van der Waals surface area (Å²) in [6.45, 7) is 3.62. The van der Waals surface area contributed by atoms with Crippen molar-refractivity contribution in [2.75, 3.05) is 19.0 Å². The van der Waals surface area contributed by atoms with Crippen molar-refractivity contribution in [2.24, 2.45) is 5.92 Å². The lowest BCUT2D eigenvalue weighted by Crippen LogP contribution is -2.24. The van der Waals surface area contributed by atoms with Crippen LogP contribution in [0, 0.1) is 5.92 Å². The summed E-state index contributed by atoms with van der Waals surface area (Å²) >= 11 is 6.33. The number of anilines is 1. The van der Waals surface area contributed by atoms with Gasteiger partial charge in [0.2, 0.25) is 5.91 Å². The van der Waals surface area contributed by atoms with Crippen LogP contribution in [0.25, 0.3) is 10.9 Å². The van der Waals surface area contributed by atoms with E-state index in [0.29, 0.717) is 30.6 Å². The highest BCUT2D eigenvalue weighted by Gasteiger charge is 2.33. The number of pyridine rings is 1. The van der Waals surface area contributed by atoms with Crippen LogP contribution in [0.15, 0.2) is 48.0 Å². The number of phenolic OH excluding ortho intramolecular Hbond substituents is 1. The van der Waals surface area contributed by atoms with Crippen molar-refractivity contribution >= 4 is 34.1 Å². The second-order valence-electron chi connectivity index (χ2n) is 11.4. The smallest absolute Gasteiger partial charge is 0.220 e. The van der Waals surface area contributed by atoms with E-state index in [0.717, 1.165) is 67.6 Å². The summed E-state index contributed by atoms with van der Waals surface area (Å²) in [5.74, 6) is 1.70. The molecule has 2 aromatic carbocycles. The Hall–Kier alpha value is -3.25. The van der Waals surface area contributed by atoms with Crippen LogP contribution in [0.3, 0.4) is 0 Å². The second kappa shape index (κ2) is 12.9. The number of nitrogens with zero attached hydrogens (tertiary/aromatic N) is 1. The van der Waals surface area contributed by atoms with Crippen molar-refractivity contribution in [3.05, 3.63) is 69.9 Å². The van der Waals surface area contributed by atoms with E-state index < -0.39 is 0 Å². The molecule has 0 saturated heterocycles. The van der Waals surface area contributed by atoms with Crippen LogP contribution in [-0.4, -0.2) is 29.7 Å². The zero-order valence-electron chi connectivity index (χ0n) is 23.6. The first kappa shape index (κ1) is 28.3. The fourth-order valence-corrected chi connectivity index (χ4v) is 6.52. The number of amides is 1. The molecule has 2 aliphatic carbocycles. The molecule has 3 aromatic rings. The SMILES string of the molecule is COc1cc(CNC(=O)CCCCCCCNc2c3c(nc4cc(Cl)ccc24)CC2C=C(C)CC3C2)ccc1O. The highest BCUT2D eigenvalue weighted by Crippen LogP contribution is 2.47. The topological polar surface area (TPSA) is 83.5 Å². The molecule has 0 aliphatic heterocycles. The standard InChI is InChI=1S/C33H40ClN3O3/c1-21-14-23-16-24(15-21)32-28(17-23)37-27-19-25(34)10-11-26(27)33(32)35-13-7-5-3-4-6-8-31(39)36-20-22-9-12-29(38)30(18-22)40-2/h9-12,14,18-19,23-24,38H,3-8,13,15-17,20H2,1-2H3,(H,35,37)(H,36,39). The Bertz CT molecular complexity index is 1400. The predicted molar refractivity (Wildman–Crippen MR) is 162 cm³/mol. The summed E-state index contributed by atoms with van der Waals surface area (Å²) in [5, 5.41) is 18.4. The molecule has 40 heavy (non-hydrogen) atoms. The Balaban J connectivity index is 1.07. The molecule has 1 amide bonds. The third-order valence-electron chi connectivity index (χ3n) is 8.22. The van der Waals surface area contributed by atoms with Gasteiger partial charge < -0.3 is 20.5 Å². The lowest BCUT2D eigenvalue weighted by atomic mass is 9.71. The average Bonchev–Trinajstić information content (AvgIpc) is 2.92. The molecule has 0 fully saturated rings. The summed E-state index contributed by atoms with van der Waals surface area (Å²) in [6.07, 6.45) is 11.6. The lowest BCUT2D eigenvalue weighted by Gasteiger charge is -2.36. The van der Waals surface area contributed by atoms with E-state index in [2.05, 4.69) is 29.7 Å². The molecule has 2 bridgehead atoms. The zero-order chi connectivity index (χ0) is 28.1. The van der Waals surface area contributed by atoms with E-state index in [1.54, 1.807) is 18.2 Å². The summed E-state index contributed by atoms with van der Waals surface area (Å²) in [5.41, 5.74) is 7.32. The van der Waals surface area contributed by atoms with Crippen LogP contribution in [0.1, 0.15) is 81.0 Å². The van der Waals surface area contributed by atoms with Crippen molar-refractivity contribution < 1.29 is 14.6 Å². The molecule has 1 heterocycles. The molecule has 0 radical (unpaired) electrons. The summed E-state index contributed by atoms with van der Waals surface area (Å²) in [7, 11) is 1.51. The highest BCUT2D eigenvalue weighted by molar-refractivity contribution is 6.31. The van der Waals surface area contributed by atoms with E-state index in [9.17, 15) is 9.90 Å². The molecule has 2 unspecified atom stereocenters. The number of phenols is 1. The van der Waals surface area contributed by atoms with Gasteiger partial charge in [0.1, 0.15) is 0 Å². The maximum atomic E-state index is 12.3. The number of fused-ring (bicyclic) bond motifs is 5. The van der Waals surface area contributed by atoms with Gasteiger partial charge in [-0.15, -0.1) is 0 Å². The average molecular weight is 562 g/mol. The quantitative estimate of drug-likeness (QED) is 0.156. The number of rotatable bonds is 12. The second-order valence-corrected chi connectivity index (χ2v) is 11.8. The largest absolute Gasteiger partial charge is 0.504 e. The van der Waals surface area contributed by atoms with Gasteiger partial charge >= 0.3 is 0 Å². The maximum absolute atomic E-state index is 12.3. The van der Waals surface area contributed by atoms with Gasteiger partial charge in [-0.3, -0.25) is 9.78 Å². The van der Waals surface area contributed by atoms with Crippen LogP contribution in [-0.2, 0) is 17.8 Å². The molecule has 212 valence electrons. The van der Waals surface area contributed by atoms with Crippen molar-refractivity contribution in [1.29, 1.82) is 0 Å². The van der Waals surface area contributed by atoms with E-state index in [1.807, 2.05) is 12.1 Å². The molecular weight excluding hydrogens is 522 g/mol. The molecule has 2 atom stereocenters. The fourth-order valence-electron chi connectivity index (χ4n) is 6.35. The van der Waals surface area contributed by atoms with Gasteiger partial charge in [-0.05, 0) is 86.8 Å². The number of methoxy groups -OCH3 is 1. The minimum atomic E-state index is 0.0539. The molecule has 6 nitrogen and oxygen atoms in total. The van der Waals surface area contributed by atoms with E-state index in [1.165, 1.54) is 41.4 Å². The highest BCUT2D eigenvalue weighted by atomic mass is 35.5. The number of carbonyl (C=O) groups is 1. The van der Waals surface area contributed by atoms with E-state index >= 15 is 0 Å². The molecule has 0 spiro atoms. The number of halogens is 1. The molecule has 2 aliphatic rings.